The number of halogens is 3. The van der Waals surface area contributed by atoms with Crippen LogP contribution in [0.25, 0.3) is 0 Å². The van der Waals surface area contributed by atoms with Gasteiger partial charge in [-0.1, -0.05) is 59.6 Å². The molecule has 49 heavy (non-hydrogen) atoms. The van der Waals surface area contributed by atoms with Crippen LogP contribution in [0.5, 0.6) is 11.5 Å². The number of benzene rings is 4. The monoisotopic (exact) mass is 727 g/mol. The Balaban J connectivity index is 1.61. The second-order valence-electron chi connectivity index (χ2n) is 12.5. The standard InChI is InChI=1S/C36H36Cl2FN3O6S/c1-36(2,3)40-35(44)31(20-24-8-5-4-6-9-24)41(22-28-29(37)10-7-11-30(28)38)34(43)23-42(26-14-12-25(39)13-15-26)49(45,46)27-16-17-32-33(21-27)48-19-18-47-32/h4-17,21,31H,18-20,22-23H2,1-3H3,(H,40,44)/t31-/m0/s1. The maximum Gasteiger partial charge on any atom is 0.264 e. The van der Waals surface area contributed by atoms with E-state index < -0.39 is 45.8 Å². The van der Waals surface area contributed by atoms with Crippen molar-refractivity contribution in [2.75, 3.05) is 24.1 Å². The van der Waals surface area contributed by atoms with Gasteiger partial charge in [-0.2, -0.15) is 0 Å². The first-order valence-corrected chi connectivity index (χ1v) is 17.7. The average Bonchev–Trinajstić information content (AvgIpc) is 3.06. The van der Waals surface area contributed by atoms with Crippen molar-refractivity contribution in [2.24, 2.45) is 0 Å². The van der Waals surface area contributed by atoms with Crippen molar-refractivity contribution in [2.45, 2.75) is 50.2 Å². The van der Waals surface area contributed by atoms with Crippen molar-refractivity contribution < 1.29 is 31.9 Å². The average molecular weight is 729 g/mol. The molecule has 0 aliphatic carbocycles. The third-order valence-corrected chi connectivity index (χ3v) is 10.1. The summed E-state index contributed by atoms with van der Waals surface area (Å²) in [5.74, 6) is -1.17. The third-order valence-electron chi connectivity index (χ3n) is 7.65. The maximum atomic E-state index is 14.7. The highest BCUT2D eigenvalue weighted by atomic mass is 35.5. The van der Waals surface area contributed by atoms with Gasteiger partial charge in [0.25, 0.3) is 10.0 Å². The lowest BCUT2D eigenvalue weighted by Gasteiger charge is -2.35. The molecule has 0 saturated carbocycles. The fourth-order valence-corrected chi connectivity index (χ4v) is 7.26. The van der Waals surface area contributed by atoms with Gasteiger partial charge < -0.3 is 19.7 Å². The van der Waals surface area contributed by atoms with E-state index in [2.05, 4.69) is 5.32 Å². The number of nitrogens with zero attached hydrogens (tertiary/aromatic N) is 2. The van der Waals surface area contributed by atoms with Crippen molar-refractivity contribution in [1.29, 1.82) is 0 Å². The van der Waals surface area contributed by atoms with Gasteiger partial charge in [-0.15, -0.1) is 0 Å². The quantitative estimate of drug-likeness (QED) is 0.186. The van der Waals surface area contributed by atoms with Crippen LogP contribution in [0.2, 0.25) is 10.0 Å². The van der Waals surface area contributed by atoms with E-state index in [0.29, 0.717) is 17.9 Å². The SMILES string of the molecule is CC(C)(C)NC(=O)[C@H](Cc1ccccc1)N(Cc1c(Cl)cccc1Cl)C(=O)CN(c1ccc(F)cc1)S(=O)(=O)c1ccc2c(c1)OCCO2. The lowest BCUT2D eigenvalue weighted by molar-refractivity contribution is -0.140. The predicted molar refractivity (Wildman–Crippen MR) is 187 cm³/mol. The first kappa shape index (κ1) is 36.0. The Hall–Kier alpha value is -4.32. The minimum atomic E-state index is -4.48. The summed E-state index contributed by atoms with van der Waals surface area (Å²) in [4.78, 5) is 29.8. The molecular weight excluding hydrogens is 692 g/mol. The number of rotatable bonds is 11. The molecule has 5 rings (SSSR count). The van der Waals surface area contributed by atoms with Gasteiger partial charge in [0.2, 0.25) is 11.8 Å². The van der Waals surface area contributed by atoms with E-state index in [-0.39, 0.29) is 46.0 Å². The van der Waals surface area contributed by atoms with Gasteiger partial charge in [0.15, 0.2) is 11.5 Å². The number of hydrogen-bond acceptors (Lipinski definition) is 6. The molecule has 9 nitrogen and oxygen atoms in total. The molecule has 4 aromatic carbocycles. The summed E-state index contributed by atoms with van der Waals surface area (Å²) >= 11 is 13.1. The first-order valence-electron chi connectivity index (χ1n) is 15.5. The van der Waals surface area contributed by atoms with Gasteiger partial charge in [0, 0.05) is 40.2 Å². The summed E-state index contributed by atoms with van der Waals surface area (Å²) < 4.78 is 54.8. The van der Waals surface area contributed by atoms with Crippen LogP contribution in [0.4, 0.5) is 10.1 Å². The summed E-state index contributed by atoms with van der Waals surface area (Å²) in [5.41, 5.74) is 0.506. The summed E-state index contributed by atoms with van der Waals surface area (Å²) in [6, 6.07) is 21.8. The second kappa shape index (κ2) is 15.1. The second-order valence-corrected chi connectivity index (χ2v) is 15.1. The molecule has 2 amide bonds. The molecule has 0 saturated heterocycles. The van der Waals surface area contributed by atoms with Crippen molar-refractivity contribution >= 4 is 50.7 Å². The van der Waals surface area contributed by atoms with Crippen molar-refractivity contribution in [1.82, 2.24) is 10.2 Å². The Bertz CT molecular complexity index is 1900. The van der Waals surface area contributed by atoms with E-state index in [1.54, 1.807) is 18.2 Å². The fourth-order valence-electron chi connectivity index (χ4n) is 5.31. The maximum absolute atomic E-state index is 14.7. The normalized spacial score (nSPS) is 13.3. The topological polar surface area (TPSA) is 105 Å². The van der Waals surface area contributed by atoms with E-state index in [4.69, 9.17) is 32.7 Å². The zero-order chi connectivity index (χ0) is 35.3. The molecule has 1 aliphatic rings. The predicted octanol–water partition coefficient (Wildman–Crippen LogP) is 6.65. The molecule has 0 radical (unpaired) electrons. The zero-order valence-corrected chi connectivity index (χ0v) is 29.5. The summed E-state index contributed by atoms with van der Waals surface area (Å²) in [7, 11) is -4.48. The number of ether oxygens (including phenoxy) is 2. The lowest BCUT2D eigenvalue weighted by Crippen LogP contribution is -2.56. The minimum absolute atomic E-state index is 0.0270. The molecule has 0 spiro atoms. The van der Waals surface area contributed by atoms with Crippen LogP contribution in [-0.4, -0.2) is 56.5 Å². The molecule has 1 N–H and O–H groups in total. The third kappa shape index (κ3) is 8.83. The van der Waals surface area contributed by atoms with Crippen LogP contribution in [0.3, 0.4) is 0 Å². The lowest BCUT2D eigenvalue weighted by atomic mass is 10.0. The van der Waals surface area contributed by atoms with Crippen LogP contribution >= 0.6 is 23.2 Å². The van der Waals surface area contributed by atoms with Gasteiger partial charge in [-0.05, 0) is 74.9 Å². The molecular formula is C36H36Cl2FN3O6S. The number of amides is 2. The molecule has 0 fully saturated rings. The van der Waals surface area contributed by atoms with E-state index in [0.717, 1.165) is 22.0 Å². The molecule has 1 heterocycles. The molecule has 0 aromatic heterocycles. The number of fused-ring (bicyclic) bond motifs is 1. The van der Waals surface area contributed by atoms with Gasteiger partial charge in [-0.25, -0.2) is 12.8 Å². The number of carbonyl (C=O) groups excluding carboxylic acids is 2. The van der Waals surface area contributed by atoms with Gasteiger partial charge >= 0.3 is 0 Å². The molecule has 0 bridgehead atoms. The number of carbonyl (C=O) groups is 2. The molecule has 13 heteroatoms. The van der Waals surface area contributed by atoms with E-state index in [1.165, 1.54) is 35.2 Å². The highest BCUT2D eigenvalue weighted by Crippen LogP contribution is 2.35. The Morgan fingerprint density at radius 2 is 1.51 bits per heavy atom. The van der Waals surface area contributed by atoms with E-state index in [9.17, 15) is 22.4 Å². The number of hydrogen-bond donors (Lipinski definition) is 1. The van der Waals surface area contributed by atoms with Gasteiger partial charge in [0.05, 0.1) is 10.6 Å². The van der Waals surface area contributed by atoms with Gasteiger partial charge in [0.1, 0.15) is 31.6 Å². The molecule has 1 aliphatic heterocycles. The Morgan fingerprint density at radius 1 is 0.878 bits per heavy atom. The van der Waals surface area contributed by atoms with Crippen LogP contribution < -0.4 is 19.1 Å². The molecule has 1 atom stereocenters. The van der Waals surface area contributed by atoms with Gasteiger partial charge in [-0.3, -0.25) is 13.9 Å². The largest absolute Gasteiger partial charge is 0.486 e. The molecule has 258 valence electrons. The fraction of sp³-hybridized carbons (Fsp3) is 0.278. The zero-order valence-electron chi connectivity index (χ0n) is 27.2. The van der Waals surface area contributed by atoms with Crippen LogP contribution in [-0.2, 0) is 32.6 Å². The minimum Gasteiger partial charge on any atom is -0.486 e. The summed E-state index contributed by atoms with van der Waals surface area (Å²) in [6.07, 6.45) is 0.0992. The summed E-state index contributed by atoms with van der Waals surface area (Å²) in [5, 5.41) is 3.49. The smallest absolute Gasteiger partial charge is 0.264 e. The number of anilines is 1. The van der Waals surface area contributed by atoms with E-state index in [1.807, 2.05) is 51.1 Å². The van der Waals surface area contributed by atoms with Crippen LogP contribution in [0.1, 0.15) is 31.9 Å². The summed E-state index contributed by atoms with van der Waals surface area (Å²) in [6.45, 7) is 5.03. The van der Waals surface area contributed by atoms with Crippen molar-refractivity contribution in [3.63, 3.8) is 0 Å². The van der Waals surface area contributed by atoms with Crippen LogP contribution in [0.15, 0.2) is 95.9 Å². The Labute approximate surface area is 295 Å². The van der Waals surface area contributed by atoms with Crippen LogP contribution in [0, 0.1) is 5.82 Å². The number of nitrogens with one attached hydrogen (secondary N) is 1. The van der Waals surface area contributed by atoms with Crippen molar-refractivity contribution in [3.05, 3.63) is 118 Å². The number of sulfonamides is 1. The Kier molecular flexibility index (Phi) is 11.1. The first-order chi connectivity index (χ1) is 23.2. The van der Waals surface area contributed by atoms with Crippen molar-refractivity contribution in [3.8, 4) is 11.5 Å². The van der Waals surface area contributed by atoms with E-state index >= 15 is 0 Å². The highest BCUT2D eigenvalue weighted by molar-refractivity contribution is 7.92. The highest BCUT2D eigenvalue weighted by Gasteiger charge is 2.36. The Morgan fingerprint density at radius 3 is 2.14 bits per heavy atom. The molecule has 4 aromatic rings. The molecule has 0 unspecified atom stereocenters.